The number of thioether (sulfide) groups is 1. The number of phosphoric ester groups is 1. The van der Waals surface area contributed by atoms with E-state index in [0.29, 0.717) is 24.2 Å². The zero-order valence-electron chi connectivity index (χ0n) is 29.0. The van der Waals surface area contributed by atoms with Gasteiger partial charge in [0.25, 0.3) is 0 Å². The summed E-state index contributed by atoms with van der Waals surface area (Å²) in [5.41, 5.74) is 0.481. The summed E-state index contributed by atoms with van der Waals surface area (Å²) in [5, 5.41) is 13.4. The first-order valence-corrected chi connectivity index (χ1v) is 19.5. The van der Waals surface area contributed by atoms with E-state index in [1.807, 2.05) is 20.1 Å². The van der Waals surface area contributed by atoms with Crippen LogP contribution in [0.2, 0.25) is 0 Å². The van der Waals surface area contributed by atoms with Crippen molar-refractivity contribution in [2.45, 2.75) is 90.0 Å². The molecule has 6 amide bonds. The number of nitrogens with zero attached hydrogens (tertiary/aromatic N) is 1. The first-order chi connectivity index (χ1) is 23.5. The molecule has 2 fully saturated rings. The van der Waals surface area contributed by atoms with Crippen molar-refractivity contribution in [1.29, 1.82) is 0 Å². The van der Waals surface area contributed by atoms with E-state index in [2.05, 4.69) is 31.1 Å². The Labute approximate surface area is 296 Å². The summed E-state index contributed by atoms with van der Waals surface area (Å²) in [6, 6.07) is 0.310. The van der Waals surface area contributed by atoms with Gasteiger partial charge in [-0.05, 0) is 67.2 Å². The van der Waals surface area contributed by atoms with Crippen molar-refractivity contribution in [3.05, 3.63) is 29.8 Å². The summed E-state index contributed by atoms with van der Waals surface area (Å²) in [6.07, 6.45) is 3.18. The molecule has 0 aliphatic carbocycles. The topological polar surface area (TPSA) is 233 Å². The maximum absolute atomic E-state index is 14.0. The van der Waals surface area contributed by atoms with Crippen LogP contribution in [0.3, 0.4) is 0 Å². The molecule has 50 heavy (non-hydrogen) atoms. The molecule has 0 saturated carbocycles. The zero-order chi connectivity index (χ0) is 37.2. The Hall–Kier alpha value is -3.66. The first kappa shape index (κ1) is 40.8. The van der Waals surface area contributed by atoms with Crippen LogP contribution >= 0.6 is 19.6 Å². The number of fused-ring (bicyclic) bond motifs is 1. The highest BCUT2D eigenvalue weighted by Gasteiger charge is 2.41. The molecular formula is C32H49N6O10PS. The van der Waals surface area contributed by atoms with Crippen molar-refractivity contribution < 1.29 is 47.6 Å². The number of rotatable bonds is 10. The fourth-order valence-corrected chi connectivity index (χ4v) is 6.67. The third-order valence-corrected chi connectivity index (χ3v) is 9.41. The third-order valence-electron chi connectivity index (χ3n) is 8.32. The minimum atomic E-state index is -4.80. The number of carbonyl (C=O) groups is 6. The molecule has 2 aliphatic heterocycles. The van der Waals surface area contributed by atoms with Crippen molar-refractivity contribution in [3.63, 3.8) is 0 Å². The van der Waals surface area contributed by atoms with E-state index in [4.69, 9.17) is 9.79 Å². The Morgan fingerprint density at radius 1 is 0.880 bits per heavy atom. The molecule has 0 unspecified atom stereocenters. The van der Waals surface area contributed by atoms with Crippen molar-refractivity contribution in [2.75, 3.05) is 25.1 Å². The second-order valence-electron chi connectivity index (χ2n) is 13.2. The second-order valence-corrected chi connectivity index (χ2v) is 15.4. The van der Waals surface area contributed by atoms with E-state index in [0.717, 1.165) is 0 Å². The fourth-order valence-electron chi connectivity index (χ4n) is 5.80. The van der Waals surface area contributed by atoms with E-state index in [1.54, 1.807) is 13.8 Å². The molecule has 0 aromatic heterocycles. The van der Waals surface area contributed by atoms with Gasteiger partial charge in [0.15, 0.2) is 0 Å². The van der Waals surface area contributed by atoms with Gasteiger partial charge in [-0.2, -0.15) is 11.8 Å². The normalized spacial score (nSPS) is 24.8. The molecule has 1 aromatic carbocycles. The van der Waals surface area contributed by atoms with Crippen molar-refractivity contribution in [3.8, 4) is 5.75 Å². The molecule has 2 aliphatic rings. The Morgan fingerprint density at radius 2 is 1.52 bits per heavy atom. The summed E-state index contributed by atoms with van der Waals surface area (Å²) in [5.74, 6) is -3.58. The lowest BCUT2D eigenvalue weighted by Crippen LogP contribution is -2.61. The van der Waals surface area contributed by atoms with Gasteiger partial charge in [-0.25, -0.2) is 4.57 Å². The fraction of sp³-hybridized carbons (Fsp3) is 0.625. The van der Waals surface area contributed by atoms with E-state index < -0.39 is 85.9 Å². The molecule has 2 heterocycles. The van der Waals surface area contributed by atoms with Crippen LogP contribution in [0.5, 0.6) is 5.75 Å². The second kappa shape index (κ2) is 18.5. The molecule has 278 valence electrons. The highest BCUT2D eigenvalue weighted by atomic mass is 32.2. The summed E-state index contributed by atoms with van der Waals surface area (Å²) in [4.78, 5) is 101. The van der Waals surface area contributed by atoms with Crippen LogP contribution in [0.4, 0.5) is 0 Å². The zero-order valence-corrected chi connectivity index (χ0v) is 30.7. The van der Waals surface area contributed by atoms with E-state index in [1.165, 1.54) is 40.9 Å². The lowest BCUT2D eigenvalue weighted by molar-refractivity contribution is -0.143. The molecule has 0 bridgehead atoms. The van der Waals surface area contributed by atoms with Crippen molar-refractivity contribution in [2.24, 2.45) is 11.8 Å². The summed E-state index contributed by atoms with van der Waals surface area (Å²) in [7, 11) is -4.80. The summed E-state index contributed by atoms with van der Waals surface area (Å²) < 4.78 is 15.8. The van der Waals surface area contributed by atoms with Gasteiger partial charge in [-0.1, -0.05) is 39.8 Å². The summed E-state index contributed by atoms with van der Waals surface area (Å²) in [6.45, 7) is 6.94. The number of hydrogen-bond donors (Lipinski definition) is 7. The quantitative estimate of drug-likeness (QED) is 0.160. The maximum atomic E-state index is 14.0. The number of benzene rings is 1. The Morgan fingerprint density at radius 3 is 2.12 bits per heavy atom. The molecule has 0 radical (unpaired) electrons. The minimum absolute atomic E-state index is 0.0181. The van der Waals surface area contributed by atoms with Crippen LogP contribution in [0.25, 0.3) is 0 Å². The number of nitrogens with one attached hydrogen (secondary N) is 5. The predicted octanol–water partition coefficient (Wildman–Crippen LogP) is 0.216. The maximum Gasteiger partial charge on any atom is 0.524 e. The Kier molecular flexibility index (Phi) is 15.1. The average molecular weight is 741 g/mol. The number of phosphoric acid groups is 1. The highest BCUT2D eigenvalue weighted by molar-refractivity contribution is 7.98. The third kappa shape index (κ3) is 12.3. The Bertz CT molecular complexity index is 1440. The van der Waals surface area contributed by atoms with E-state index in [9.17, 15) is 33.3 Å². The lowest BCUT2D eigenvalue weighted by atomic mass is 9.99. The van der Waals surface area contributed by atoms with Crippen LogP contribution in [0.1, 0.15) is 58.9 Å². The molecule has 5 atom stereocenters. The van der Waals surface area contributed by atoms with Crippen LogP contribution in [0, 0.1) is 11.8 Å². The van der Waals surface area contributed by atoms with Gasteiger partial charge in [0, 0.05) is 13.0 Å². The average Bonchev–Trinajstić information content (AvgIpc) is 3.53. The van der Waals surface area contributed by atoms with E-state index in [-0.39, 0.29) is 37.5 Å². The van der Waals surface area contributed by atoms with Crippen molar-refractivity contribution >= 4 is 55.0 Å². The van der Waals surface area contributed by atoms with Gasteiger partial charge in [0.1, 0.15) is 36.0 Å². The number of carbonyl (C=O) groups excluding carboxylic acids is 6. The molecule has 18 heteroatoms. The van der Waals surface area contributed by atoms with Gasteiger partial charge in [-0.15, -0.1) is 0 Å². The molecule has 7 N–H and O–H groups in total. The van der Waals surface area contributed by atoms with Crippen LogP contribution in [-0.2, 0) is 39.8 Å². The lowest BCUT2D eigenvalue weighted by Gasteiger charge is -2.32. The highest BCUT2D eigenvalue weighted by Crippen LogP contribution is 2.37. The monoisotopic (exact) mass is 740 g/mol. The number of amides is 6. The van der Waals surface area contributed by atoms with E-state index >= 15 is 0 Å². The minimum Gasteiger partial charge on any atom is -0.404 e. The molecule has 1 aromatic rings. The largest absolute Gasteiger partial charge is 0.524 e. The molecular weight excluding hydrogens is 691 g/mol. The molecule has 0 spiro atoms. The van der Waals surface area contributed by atoms with Gasteiger partial charge in [-0.3, -0.25) is 38.6 Å². The first-order valence-electron chi connectivity index (χ1n) is 16.6. The summed E-state index contributed by atoms with van der Waals surface area (Å²) >= 11 is 1.49. The van der Waals surface area contributed by atoms with Crippen LogP contribution in [0.15, 0.2) is 24.3 Å². The predicted molar refractivity (Wildman–Crippen MR) is 186 cm³/mol. The van der Waals surface area contributed by atoms with Gasteiger partial charge < -0.3 is 36.0 Å². The SMILES string of the molecule is CSCC[C@@H]1NC(=O)[C@@H]2CCCN2C(=O)[C@H](C(C)C)NC(=O)[C@H](Cc2ccc(OP(=O)(O)O)cc2)NC(=O)CNC(=O)[C@@H](CC(C)C)NC1=O. The molecule has 16 nitrogen and oxygen atoms in total. The van der Waals surface area contributed by atoms with Crippen LogP contribution < -0.4 is 31.1 Å². The van der Waals surface area contributed by atoms with Crippen LogP contribution in [-0.4, -0.2) is 105 Å². The Balaban J connectivity index is 1.98. The molecule has 3 rings (SSSR count). The smallest absolute Gasteiger partial charge is 0.404 e. The van der Waals surface area contributed by atoms with Gasteiger partial charge >= 0.3 is 7.82 Å². The van der Waals surface area contributed by atoms with Crippen molar-refractivity contribution in [1.82, 2.24) is 31.5 Å². The standard InChI is InChI=1S/C32H49N6O10PS/c1-18(2)15-23-28(40)33-17-26(39)34-24(16-20-8-10-21(11-9-20)48-49(45,46)47)30(42)37-27(19(3)4)32(44)38-13-6-7-25(38)31(43)35-22(12-14-50-5)29(41)36-23/h8-11,18-19,22-25,27H,6-7,12-17H2,1-5H3,(H,33,40)(H,34,39)(H,35,43)(H,36,41)(H,37,42)(H2,45,46,47)/t22-,23+,24-,25-,27-/m0/s1. The number of hydrogen-bond acceptors (Lipinski definition) is 9. The van der Waals surface area contributed by atoms with Gasteiger partial charge in [0.2, 0.25) is 35.4 Å². The van der Waals surface area contributed by atoms with Gasteiger partial charge in [0.05, 0.1) is 6.54 Å². The molecule has 2 saturated heterocycles.